The Morgan fingerprint density at radius 3 is 2.61 bits per heavy atom. The predicted molar refractivity (Wildman–Crippen MR) is 105 cm³/mol. The molecule has 2 aromatic rings. The van der Waals surface area contributed by atoms with Crippen LogP contribution in [0.15, 0.2) is 16.5 Å². The first-order valence-corrected chi connectivity index (χ1v) is 9.50. The summed E-state index contributed by atoms with van der Waals surface area (Å²) in [4.78, 5) is 18.9. The second-order valence-electron chi connectivity index (χ2n) is 7.41. The summed E-state index contributed by atoms with van der Waals surface area (Å²) in [6.45, 7) is 6.86. The third-order valence-electron chi connectivity index (χ3n) is 5.64. The number of carbonyl (C=O) groups is 1. The molecule has 1 aromatic carbocycles. The van der Waals surface area contributed by atoms with Crippen LogP contribution >= 0.6 is 0 Å². The highest BCUT2D eigenvalue weighted by atomic mass is 19.1. The van der Waals surface area contributed by atoms with Gasteiger partial charge in [0, 0.05) is 30.6 Å². The minimum Gasteiger partial charge on any atom is -0.428 e. The molecule has 2 heterocycles. The maximum absolute atomic E-state index is 13.8. The SMILES string of the molecule is CCC1(CC)CN(c2nc(C(=O)Nc3cc(C)c(N)c(F)c3)c(CCF)o2)C1. The van der Waals surface area contributed by atoms with Gasteiger partial charge in [0.05, 0.1) is 12.4 Å². The molecule has 0 radical (unpaired) electrons. The molecule has 1 aromatic heterocycles. The fourth-order valence-electron chi connectivity index (χ4n) is 3.52. The number of rotatable bonds is 7. The molecule has 6 nitrogen and oxygen atoms in total. The summed E-state index contributed by atoms with van der Waals surface area (Å²) in [7, 11) is 0. The number of nitrogens with two attached hydrogens (primary N) is 1. The quantitative estimate of drug-likeness (QED) is 0.693. The number of aromatic nitrogens is 1. The molecule has 0 spiro atoms. The standard InChI is InChI=1S/C20H26F2N4O2/c1-4-20(5-2)10-26(11-20)19-25-17(15(28-19)6-7-21)18(27)24-13-8-12(3)16(23)14(22)9-13/h8-9H,4-7,10-11,23H2,1-3H3,(H,24,27). The van der Waals surface area contributed by atoms with E-state index in [-0.39, 0.29) is 34.7 Å². The van der Waals surface area contributed by atoms with E-state index in [1.165, 1.54) is 0 Å². The first-order valence-electron chi connectivity index (χ1n) is 9.50. The molecule has 3 rings (SSSR count). The van der Waals surface area contributed by atoms with Gasteiger partial charge in [0.15, 0.2) is 5.69 Å². The first-order chi connectivity index (χ1) is 13.3. The van der Waals surface area contributed by atoms with E-state index in [4.69, 9.17) is 10.2 Å². The van der Waals surface area contributed by atoms with Crippen LogP contribution in [0.25, 0.3) is 0 Å². The molecule has 0 bridgehead atoms. The maximum atomic E-state index is 13.8. The van der Waals surface area contributed by atoms with Crippen molar-refractivity contribution in [3.63, 3.8) is 0 Å². The van der Waals surface area contributed by atoms with Crippen LogP contribution in [0.2, 0.25) is 0 Å². The van der Waals surface area contributed by atoms with E-state index in [1.807, 2.05) is 4.90 Å². The number of alkyl halides is 1. The zero-order valence-electron chi connectivity index (χ0n) is 16.4. The van der Waals surface area contributed by atoms with Crippen LogP contribution in [0, 0.1) is 18.2 Å². The molecule has 0 aliphatic carbocycles. The van der Waals surface area contributed by atoms with Crippen LogP contribution in [0.3, 0.4) is 0 Å². The van der Waals surface area contributed by atoms with Crippen LogP contribution in [0.5, 0.6) is 0 Å². The van der Waals surface area contributed by atoms with Gasteiger partial charge in [-0.1, -0.05) is 13.8 Å². The van der Waals surface area contributed by atoms with E-state index in [9.17, 15) is 13.6 Å². The van der Waals surface area contributed by atoms with Gasteiger partial charge >= 0.3 is 0 Å². The smallest absolute Gasteiger partial charge is 0.298 e. The van der Waals surface area contributed by atoms with Crippen molar-refractivity contribution < 1.29 is 18.0 Å². The molecule has 1 fully saturated rings. The molecule has 3 N–H and O–H groups in total. The Morgan fingerprint density at radius 2 is 2.04 bits per heavy atom. The summed E-state index contributed by atoms with van der Waals surface area (Å²) >= 11 is 0. The minimum atomic E-state index is -0.668. The van der Waals surface area contributed by atoms with E-state index >= 15 is 0 Å². The Balaban J connectivity index is 1.81. The van der Waals surface area contributed by atoms with Crippen molar-refractivity contribution in [3.05, 3.63) is 35.0 Å². The monoisotopic (exact) mass is 392 g/mol. The highest BCUT2D eigenvalue weighted by molar-refractivity contribution is 6.04. The van der Waals surface area contributed by atoms with Gasteiger partial charge in [-0.25, -0.2) is 4.39 Å². The molecular formula is C20H26F2N4O2. The highest BCUT2D eigenvalue weighted by Gasteiger charge is 2.42. The van der Waals surface area contributed by atoms with Crippen LogP contribution in [0.4, 0.5) is 26.2 Å². The predicted octanol–water partition coefficient (Wildman–Crippen LogP) is 4.10. The fourth-order valence-corrected chi connectivity index (χ4v) is 3.52. The van der Waals surface area contributed by atoms with Gasteiger partial charge in [0.1, 0.15) is 11.6 Å². The number of nitrogens with one attached hydrogen (secondary N) is 1. The summed E-state index contributed by atoms with van der Waals surface area (Å²) in [5.41, 5.74) is 6.65. The number of anilines is 3. The van der Waals surface area contributed by atoms with Crippen molar-refractivity contribution in [3.8, 4) is 0 Å². The molecule has 152 valence electrons. The highest BCUT2D eigenvalue weighted by Crippen LogP contribution is 2.40. The molecule has 0 unspecified atom stereocenters. The lowest BCUT2D eigenvalue weighted by Gasteiger charge is -2.48. The maximum Gasteiger partial charge on any atom is 0.298 e. The number of hydrogen-bond donors (Lipinski definition) is 2. The molecule has 1 saturated heterocycles. The van der Waals surface area contributed by atoms with Gasteiger partial charge in [-0.15, -0.1) is 0 Å². The summed E-state index contributed by atoms with van der Waals surface area (Å²) in [6.07, 6.45) is 2.05. The van der Waals surface area contributed by atoms with Gasteiger partial charge < -0.3 is 20.4 Å². The van der Waals surface area contributed by atoms with Crippen molar-refractivity contribution >= 4 is 23.3 Å². The number of carbonyl (C=O) groups excluding carboxylic acids is 1. The second kappa shape index (κ2) is 7.77. The molecule has 0 atom stereocenters. The number of hydrogen-bond acceptors (Lipinski definition) is 5. The third kappa shape index (κ3) is 3.68. The Morgan fingerprint density at radius 1 is 1.36 bits per heavy atom. The van der Waals surface area contributed by atoms with Crippen LogP contribution in [-0.2, 0) is 6.42 Å². The normalized spacial score (nSPS) is 15.4. The van der Waals surface area contributed by atoms with E-state index in [2.05, 4.69) is 24.1 Å². The van der Waals surface area contributed by atoms with Crippen molar-refractivity contribution in [2.45, 2.75) is 40.0 Å². The third-order valence-corrected chi connectivity index (χ3v) is 5.64. The zero-order chi connectivity index (χ0) is 20.5. The molecule has 1 aliphatic rings. The van der Waals surface area contributed by atoms with Gasteiger partial charge in [-0.05, 0) is 37.5 Å². The lowest BCUT2D eigenvalue weighted by molar-refractivity contribution is 0.102. The van der Waals surface area contributed by atoms with Crippen molar-refractivity contribution in [1.29, 1.82) is 0 Å². The molecular weight excluding hydrogens is 366 g/mol. The Kier molecular flexibility index (Phi) is 5.58. The van der Waals surface area contributed by atoms with Crippen molar-refractivity contribution in [2.24, 2.45) is 5.41 Å². The van der Waals surface area contributed by atoms with Crippen LogP contribution in [0.1, 0.15) is 48.5 Å². The minimum absolute atomic E-state index is 0.0213. The Bertz CT molecular complexity index is 846. The summed E-state index contributed by atoms with van der Waals surface area (Å²) in [6, 6.07) is 3.03. The van der Waals surface area contributed by atoms with Gasteiger partial charge in [0.25, 0.3) is 11.9 Å². The zero-order valence-corrected chi connectivity index (χ0v) is 16.4. The summed E-state index contributed by atoms with van der Waals surface area (Å²) < 4.78 is 32.5. The van der Waals surface area contributed by atoms with E-state index in [0.717, 1.165) is 32.0 Å². The van der Waals surface area contributed by atoms with Gasteiger partial charge in [-0.3, -0.25) is 9.18 Å². The first kappa shape index (κ1) is 20.1. The Labute approximate surface area is 163 Å². The summed E-state index contributed by atoms with van der Waals surface area (Å²) in [5.74, 6) is -0.996. The number of oxazole rings is 1. The molecule has 0 saturated carbocycles. The number of nitrogens with zero attached hydrogens (tertiary/aromatic N) is 2. The topological polar surface area (TPSA) is 84.4 Å². The summed E-state index contributed by atoms with van der Waals surface area (Å²) in [5, 5.41) is 2.59. The fraction of sp³-hybridized carbons (Fsp3) is 0.500. The number of benzene rings is 1. The largest absolute Gasteiger partial charge is 0.428 e. The number of halogens is 2. The average Bonchev–Trinajstić information content (AvgIpc) is 3.04. The molecule has 1 aliphatic heterocycles. The lowest BCUT2D eigenvalue weighted by Crippen LogP contribution is -2.56. The average molecular weight is 392 g/mol. The van der Waals surface area contributed by atoms with Gasteiger partial charge in [0.2, 0.25) is 0 Å². The van der Waals surface area contributed by atoms with Crippen molar-refractivity contribution in [1.82, 2.24) is 4.98 Å². The Hall–Kier alpha value is -2.64. The van der Waals surface area contributed by atoms with Crippen molar-refractivity contribution in [2.75, 3.05) is 35.7 Å². The lowest BCUT2D eigenvalue weighted by atomic mass is 9.75. The number of aryl methyl sites for hydroxylation is 2. The van der Waals surface area contributed by atoms with E-state index in [1.54, 1.807) is 13.0 Å². The molecule has 1 amide bonds. The van der Waals surface area contributed by atoms with Gasteiger partial charge in [-0.2, -0.15) is 4.98 Å². The van der Waals surface area contributed by atoms with Crippen LogP contribution < -0.4 is 16.0 Å². The van der Waals surface area contributed by atoms with E-state index < -0.39 is 18.4 Å². The molecule has 28 heavy (non-hydrogen) atoms. The molecule has 8 heteroatoms. The van der Waals surface area contributed by atoms with E-state index in [0.29, 0.717) is 11.6 Å². The van der Waals surface area contributed by atoms with Crippen LogP contribution in [-0.4, -0.2) is 30.7 Å². The second-order valence-corrected chi connectivity index (χ2v) is 7.41. The number of amides is 1. The number of nitrogen functional groups attached to an aromatic ring is 1.